The summed E-state index contributed by atoms with van der Waals surface area (Å²) in [4.78, 5) is 1.15. The Bertz CT molecular complexity index is 251. The number of hydrogen-bond donors (Lipinski definition) is 1. The van der Waals surface area contributed by atoms with Crippen molar-refractivity contribution in [2.45, 2.75) is 10.9 Å². The molecule has 1 aromatic heterocycles. The van der Waals surface area contributed by atoms with Crippen LogP contribution in [0.1, 0.15) is 0 Å². The van der Waals surface area contributed by atoms with E-state index in [0.29, 0.717) is 6.61 Å². The minimum Gasteiger partial charge on any atom is -0.383 e. The van der Waals surface area contributed by atoms with Gasteiger partial charge in [0.2, 0.25) is 0 Å². The highest BCUT2D eigenvalue weighted by atomic mass is 32.2. The van der Waals surface area contributed by atoms with Crippen LogP contribution in [0.4, 0.5) is 0 Å². The zero-order valence-electron chi connectivity index (χ0n) is 7.93. The average Bonchev–Trinajstić information content (AvgIpc) is 2.49. The fourth-order valence-corrected chi connectivity index (χ4v) is 1.79. The van der Waals surface area contributed by atoms with Crippen molar-refractivity contribution >= 4 is 11.8 Å². The second-order valence-electron chi connectivity index (χ2n) is 2.88. The SMILES string of the molecule is COCC(N)CSc1cnn(C)c1. The van der Waals surface area contributed by atoms with E-state index in [-0.39, 0.29) is 6.04 Å². The molecule has 0 saturated heterocycles. The molecule has 0 aliphatic heterocycles. The Balaban J connectivity index is 2.26. The first-order valence-corrected chi connectivity index (χ1v) is 5.07. The molecule has 2 N–H and O–H groups in total. The summed E-state index contributed by atoms with van der Waals surface area (Å²) in [5.41, 5.74) is 5.77. The summed E-state index contributed by atoms with van der Waals surface area (Å²) in [6.45, 7) is 0.604. The molecule has 13 heavy (non-hydrogen) atoms. The molecule has 0 bridgehead atoms. The fraction of sp³-hybridized carbons (Fsp3) is 0.625. The smallest absolute Gasteiger partial charge is 0.0625 e. The molecule has 1 aromatic rings. The lowest BCUT2D eigenvalue weighted by atomic mass is 10.4. The maximum atomic E-state index is 5.77. The number of aromatic nitrogens is 2. The Morgan fingerprint density at radius 3 is 3.08 bits per heavy atom. The highest BCUT2D eigenvalue weighted by Gasteiger charge is 2.03. The summed E-state index contributed by atoms with van der Waals surface area (Å²) in [5.74, 6) is 0.861. The zero-order valence-corrected chi connectivity index (χ0v) is 8.75. The summed E-state index contributed by atoms with van der Waals surface area (Å²) >= 11 is 1.70. The summed E-state index contributed by atoms with van der Waals surface area (Å²) in [5, 5.41) is 4.06. The Morgan fingerprint density at radius 1 is 1.77 bits per heavy atom. The van der Waals surface area contributed by atoms with E-state index in [9.17, 15) is 0 Å². The first-order valence-electron chi connectivity index (χ1n) is 4.08. The van der Waals surface area contributed by atoms with Gasteiger partial charge in [0.25, 0.3) is 0 Å². The Hall–Kier alpha value is -0.520. The van der Waals surface area contributed by atoms with Gasteiger partial charge in [-0.2, -0.15) is 5.10 Å². The van der Waals surface area contributed by atoms with E-state index >= 15 is 0 Å². The van der Waals surface area contributed by atoms with Crippen molar-refractivity contribution in [2.24, 2.45) is 12.8 Å². The van der Waals surface area contributed by atoms with Crippen LogP contribution in [0.3, 0.4) is 0 Å². The lowest BCUT2D eigenvalue weighted by molar-refractivity contribution is 0.186. The van der Waals surface area contributed by atoms with Crippen molar-refractivity contribution in [1.29, 1.82) is 0 Å². The van der Waals surface area contributed by atoms with E-state index in [0.717, 1.165) is 10.6 Å². The van der Waals surface area contributed by atoms with Crippen LogP contribution in [-0.2, 0) is 11.8 Å². The highest BCUT2D eigenvalue weighted by Crippen LogP contribution is 2.16. The van der Waals surface area contributed by atoms with Gasteiger partial charge in [0.1, 0.15) is 0 Å². The standard InChI is InChI=1S/C8H15N3OS/c1-11-4-8(3-10-11)13-6-7(9)5-12-2/h3-4,7H,5-6,9H2,1-2H3. The van der Waals surface area contributed by atoms with Gasteiger partial charge < -0.3 is 10.5 Å². The van der Waals surface area contributed by atoms with Gasteiger partial charge in [0, 0.05) is 37.0 Å². The number of aryl methyl sites for hydroxylation is 1. The van der Waals surface area contributed by atoms with E-state index in [1.165, 1.54) is 0 Å². The van der Waals surface area contributed by atoms with Crippen molar-refractivity contribution < 1.29 is 4.74 Å². The Labute approximate surface area is 82.4 Å². The summed E-state index contributed by atoms with van der Waals surface area (Å²) in [6, 6.07) is 0.0928. The molecule has 4 nitrogen and oxygen atoms in total. The van der Waals surface area contributed by atoms with Crippen LogP contribution in [0.2, 0.25) is 0 Å². The zero-order chi connectivity index (χ0) is 9.68. The van der Waals surface area contributed by atoms with Gasteiger partial charge in [-0.1, -0.05) is 0 Å². The molecule has 1 heterocycles. The first kappa shape index (κ1) is 10.6. The van der Waals surface area contributed by atoms with Crippen molar-refractivity contribution in [3.05, 3.63) is 12.4 Å². The molecule has 0 amide bonds. The van der Waals surface area contributed by atoms with E-state index in [1.807, 2.05) is 19.4 Å². The lowest BCUT2D eigenvalue weighted by Gasteiger charge is -2.07. The van der Waals surface area contributed by atoms with Gasteiger partial charge >= 0.3 is 0 Å². The molecule has 0 aromatic carbocycles. The second kappa shape index (κ2) is 5.26. The van der Waals surface area contributed by atoms with Gasteiger partial charge in [0.05, 0.1) is 12.8 Å². The molecule has 0 radical (unpaired) electrons. The monoisotopic (exact) mass is 201 g/mol. The molecule has 0 fully saturated rings. The molecule has 1 unspecified atom stereocenters. The summed E-state index contributed by atoms with van der Waals surface area (Å²) in [7, 11) is 3.56. The van der Waals surface area contributed by atoms with Crippen LogP contribution < -0.4 is 5.73 Å². The predicted molar refractivity (Wildman–Crippen MR) is 53.8 cm³/mol. The third-order valence-electron chi connectivity index (χ3n) is 1.53. The third kappa shape index (κ3) is 3.80. The Kier molecular flexibility index (Phi) is 4.27. The van der Waals surface area contributed by atoms with Gasteiger partial charge in [0.15, 0.2) is 0 Å². The van der Waals surface area contributed by atoms with Crippen LogP contribution in [0.5, 0.6) is 0 Å². The molecule has 1 rings (SSSR count). The molecular weight excluding hydrogens is 186 g/mol. The minimum absolute atomic E-state index is 0.0928. The molecule has 0 spiro atoms. The van der Waals surface area contributed by atoms with Crippen LogP contribution >= 0.6 is 11.8 Å². The average molecular weight is 201 g/mol. The Morgan fingerprint density at radius 2 is 2.54 bits per heavy atom. The van der Waals surface area contributed by atoms with Gasteiger partial charge in [-0.15, -0.1) is 11.8 Å². The van der Waals surface area contributed by atoms with Crippen molar-refractivity contribution in [2.75, 3.05) is 19.5 Å². The maximum Gasteiger partial charge on any atom is 0.0625 e. The first-order chi connectivity index (χ1) is 6.22. The molecule has 0 saturated carbocycles. The van der Waals surface area contributed by atoms with Gasteiger partial charge in [-0.3, -0.25) is 4.68 Å². The second-order valence-corrected chi connectivity index (χ2v) is 3.97. The number of thioether (sulfide) groups is 1. The summed E-state index contributed by atoms with van der Waals surface area (Å²) in [6.07, 6.45) is 3.81. The van der Waals surface area contributed by atoms with E-state index in [1.54, 1.807) is 23.6 Å². The lowest BCUT2D eigenvalue weighted by Crippen LogP contribution is -2.27. The van der Waals surface area contributed by atoms with Crippen molar-refractivity contribution in [1.82, 2.24) is 9.78 Å². The number of nitrogens with zero attached hydrogens (tertiary/aromatic N) is 2. The van der Waals surface area contributed by atoms with E-state index in [4.69, 9.17) is 10.5 Å². The van der Waals surface area contributed by atoms with E-state index < -0.39 is 0 Å². The minimum atomic E-state index is 0.0928. The summed E-state index contributed by atoms with van der Waals surface area (Å²) < 4.78 is 6.72. The number of hydrogen-bond acceptors (Lipinski definition) is 4. The van der Waals surface area contributed by atoms with Gasteiger partial charge in [-0.25, -0.2) is 0 Å². The topological polar surface area (TPSA) is 53.1 Å². The molecule has 0 aliphatic rings. The quantitative estimate of drug-likeness (QED) is 0.704. The van der Waals surface area contributed by atoms with Crippen LogP contribution in [0.25, 0.3) is 0 Å². The van der Waals surface area contributed by atoms with Crippen molar-refractivity contribution in [3.63, 3.8) is 0 Å². The largest absolute Gasteiger partial charge is 0.383 e. The van der Waals surface area contributed by atoms with Crippen LogP contribution in [0.15, 0.2) is 17.3 Å². The van der Waals surface area contributed by atoms with Crippen LogP contribution in [-0.4, -0.2) is 35.3 Å². The molecule has 74 valence electrons. The number of nitrogens with two attached hydrogens (primary N) is 1. The molecular formula is C8H15N3OS. The maximum absolute atomic E-state index is 5.77. The van der Waals surface area contributed by atoms with Crippen molar-refractivity contribution in [3.8, 4) is 0 Å². The van der Waals surface area contributed by atoms with Crippen LogP contribution in [0, 0.1) is 0 Å². The normalized spacial score (nSPS) is 13.2. The van der Waals surface area contributed by atoms with E-state index in [2.05, 4.69) is 5.10 Å². The van der Waals surface area contributed by atoms with Gasteiger partial charge in [-0.05, 0) is 0 Å². The third-order valence-corrected chi connectivity index (χ3v) is 2.66. The number of ether oxygens (including phenoxy) is 1. The number of methoxy groups -OCH3 is 1. The fourth-order valence-electron chi connectivity index (χ4n) is 0.939. The molecule has 5 heteroatoms. The molecule has 0 aliphatic carbocycles. The molecule has 1 atom stereocenters. The highest BCUT2D eigenvalue weighted by molar-refractivity contribution is 7.99. The number of rotatable bonds is 5. The predicted octanol–water partition coefficient (Wildman–Crippen LogP) is 0.486.